The van der Waals surface area contributed by atoms with Gasteiger partial charge in [-0.1, -0.05) is 6.07 Å². The number of carbonyl (C=O) groups is 1. The van der Waals surface area contributed by atoms with Crippen LogP contribution in [0.5, 0.6) is 0 Å². The number of rotatable bonds is 4. The third-order valence-electron chi connectivity index (χ3n) is 4.84. The third kappa shape index (κ3) is 3.14. The lowest BCUT2D eigenvalue weighted by Crippen LogP contribution is -2.45. The van der Waals surface area contributed by atoms with Crippen LogP contribution in [0, 0.1) is 11.8 Å². The van der Waals surface area contributed by atoms with Gasteiger partial charge in [-0.25, -0.2) is 9.97 Å². The molecule has 0 bridgehead atoms. The number of piperidine rings is 1. The first-order valence-corrected chi connectivity index (χ1v) is 9.14. The van der Waals surface area contributed by atoms with Crippen molar-refractivity contribution in [3.8, 4) is 0 Å². The van der Waals surface area contributed by atoms with Crippen LogP contribution in [0.15, 0.2) is 36.0 Å². The van der Waals surface area contributed by atoms with Gasteiger partial charge in [-0.15, -0.1) is 11.3 Å². The molecule has 24 heavy (non-hydrogen) atoms. The molecule has 2 aromatic rings. The molecule has 1 N–H and O–H groups in total. The van der Waals surface area contributed by atoms with Crippen molar-refractivity contribution < 1.29 is 9.53 Å². The van der Waals surface area contributed by atoms with Crippen LogP contribution in [-0.4, -0.2) is 53.1 Å². The van der Waals surface area contributed by atoms with E-state index in [1.807, 2.05) is 22.4 Å². The number of anilines is 1. The highest BCUT2D eigenvalue weighted by Crippen LogP contribution is 2.35. The second kappa shape index (κ2) is 6.86. The molecule has 0 saturated carbocycles. The topological polar surface area (TPSA) is 67.3 Å². The Morgan fingerprint density at radius 1 is 1.38 bits per heavy atom. The first-order valence-electron chi connectivity index (χ1n) is 8.26. The molecular weight excluding hydrogens is 324 g/mol. The summed E-state index contributed by atoms with van der Waals surface area (Å²) in [6, 6.07) is 5.63. The van der Waals surface area contributed by atoms with Crippen LogP contribution >= 0.6 is 11.3 Å². The minimum Gasteiger partial charge on any atom is -0.376 e. The zero-order valence-corrected chi connectivity index (χ0v) is 14.1. The molecule has 2 fully saturated rings. The lowest BCUT2D eigenvalue weighted by atomic mass is 9.84. The van der Waals surface area contributed by atoms with Gasteiger partial charge in [0.05, 0.1) is 17.6 Å². The van der Waals surface area contributed by atoms with Crippen molar-refractivity contribution in [1.82, 2.24) is 14.9 Å². The number of aromatic nitrogens is 2. The Balaban J connectivity index is 1.33. The van der Waals surface area contributed by atoms with Crippen LogP contribution in [0.2, 0.25) is 0 Å². The Morgan fingerprint density at radius 3 is 3.04 bits per heavy atom. The van der Waals surface area contributed by atoms with Crippen molar-refractivity contribution in [3.63, 3.8) is 0 Å². The molecule has 0 spiro atoms. The molecule has 2 aliphatic rings. The number of fused-ring (bicyclic) bond motifs is 1. The van der Waals surface area contributed by atoms with Crippen LogP contribution in [0.3, 0.4) is 0 Å². The number of ether oxygens (including phenoxy) is 1. The van der Waals surface area contributed by atoms with Crippen LogP contribution in [0.4, 0.5) is 5.95 Å². The van der Waals surface area contributed by atoms with Crippen molar-refractivity contribution in [1.29, 1.82) is 0 Å². The molecule has 7 heteroatoms. The van der Waals surface area contributed by atoms with E-state index in [-0.39, 0.29) is 12.0 Å². The summed E-state index contributed by atoms with van der Waals surface area (Å²) in [4.78, 5) is 23.7. The van der Waals surface area contributed by atoms with Gasteiger partial charge in [0.15, 0.2) is 0 Å². The van der Waals surface area contributed by atoms with E-state index in [2.05, 4.69) is 15.3 Å². The maximum Gasteiger partial charge on any atom is 0.263 e. The maximum absolute atomic E-state index is 12.5. The summed E-state index contributed by atoms with van der Waals surface area (Å²) in [6.45, 7) is 3.03. The predicted molar refractivity (Wildman–Crippen MR) is 92.1 cm³/mol. The number of likely N-dealkylation sites (tertiary alicyclic amines) is 1. The van der Waals surface area contributed by atoms with E-state index in [1.165, 1.54) is 11.3 Å². The largest absolute Gasteiger partial charge is 0.376 e. The smallest absolute Gasteiger partial charge is 0.263 e. The molecule has 0 aliphatic carbocycles. The molecule has 4 heterocycles. The molecule has 2 saturated heterocycles. The van der Waals surface area contributed by atoms with Crippen LogP contribution in [0.25, 0.3) is 0 Å². The molecule has 2 aliphatic heterocycles. The Morgan fingerprint density at radius 2 is 2.25 bits per heavy atom. The maximum atomic E-state index is 12.5. The summed E-state index contributed by atoms with van der Waals surface area (Å²) in [5, 5.41) is 5.20. The van der Waals surface area contributed by atoms with Gasteiger partial charge < -0.3 is 15.0 Å². The zero-order valence-electron chi connectivity index (χ0n) is 13.3. The summed E-state index contributed by atoms with van der Waals surface area (Å²) in [6.07, 6.45) is 4.60. The summed E-state index contributed by atoms with van der Waals surface area (Å²) in [7, 11) is 0. The Bertz CT molecular complexity index is 679. The van der Waals surface area contributed by atoms with Gasteiger partial charge in [0.2, 0.25) is 5.95 Å². The molecular formula is C17H20N4O2S. The van der Waals surface area contributed by atoms with Crippen LogP contribution < -0.4 is 5.32 Å². The Kier molecular flexibility index (Phi) is 4.44. The van der Waals surface area contributed by atoms with Gasteiger partial charge in [-0.2, -0.15) is 0 Å². The van der Waals surface area contributed by atoms with Gasteiger partial charge in [0, 0.05) is 37.9 Å². The summed E-state index contributed by atoms with van der Waals surface area (Å²) in [5.41, 5.74) is 0. The second-order valence-corrected chi connectivity index (χ2v) is 7.21. The number of hydrogen-bond acceptors (Lipinski definition) is 6. The van der Waals surface area contributed by atoms with Crippen molar-refractivity contribution in [2.24, 2.45) is 11.8 Å². The van der Waals surface area contributed by atoms with Gasteiger partial charge >= 0.3 is 0 Å². The van der Waals surface area contributed by atoms with E-state index < -0.39 is 0 Å². The predicted octanol–water partition coefficient (Wildman–Crippen LogP) is 2.13. The molecule has 3 atom stereocenters. The fourth-order valence-corrected chi connectivity index (χ4v) is 4.31. The first-order chi connectivity index (χ1) is 11.8. The van der Waals surface area contributed by atoms with E-state index in [4.69, 9.17) is 4.74 Å². The van der Waals surface area contributed by atoms with Gasteiger partial charge in [-0.05, 0) is 29.9 Å². The molecule has 0 unspecified atom stereocenters. The van der Waals surface area contributed by atoms with E-state index in [0.717, 1.165) is 31.0 Å². The van der Waals surface area contributed by atoms with Crippen LogP contribution in [-0.2, 0) is 4.74 Å². The van der Waals surface area contributed by atoms with Gasteiger partial charge in [-0.3, -0.25) is 4.79 Å². The molecule has 4 rings (SSSR count). The first kappa shape index (κ1) is 15.5. The number of nitrogens with zero attached hydrogens (tertiary/aromatic N) is 3. The highest BCUT2D eigenvalue weighted by molar-refractivity contribution is 7.12. The minimum absolute atomic E-state index is 0.155. The molecule has 2 aromatic heterocycles. The van der Waals surface area contributed by atoms with E-state index in [1.54, 1.807) is 18.5 Å². The summed E-state index contributed by atoms with van der Waals surface area (Å²) in [5.74, 6) is 1.71. The highest BCUT2D eigenvalue weighted by Gasteiger charge is 2.41. The molecule has 0 aromatic carbocycles. The van der Waals surface area contributed by atoms with Gasteiger partial charge in [0.25, 0.3) is 5.91 Å². The van der Waals surface area contributed by atoms with Gasteiger partial charge in [0.1, 0.15) is 0 Å². The lowest BCUT2D eigenvalue weighted by molar-refractivity contribution is 0.0626. The van der Waals surface area contributed by atoms with E-state index in [0.29, 0.717) is 24.3 Å². The highest BCUT2D eigenvalue weighted by atomic mass is 32.1. The van der Waals surface area contributed by atoms with E-state index >= 15 is 0 Å². The van der Waals surface area contributed by atoms with E-state index in [9.17, 15) is 4.79 Å². The third-order valence-corrected chi connectivity index (χ3v) is 5.70. The number of thiophene rings is 1. The molecule has 126 valence electrons. The fraction of sp³-hybridized carbons (Fsp3) is 0.471. The number of carbonyl (C=O) groups excluding carboxylic acids is 1. The normalized spacial score (nSPS) is 26.2. The van der Waals surface area contributed by atoms with Crippen molar-refractivity contribution in [2.45, 2.75) is 12.5 Å². The van der Waals surface area contributed by atoms with Crippen LogP contribution in [0.1, 0.15) is 16.1 Å². The lowest BCUT2D eigenvalue weighted by Gasteiger charge is -2.35. The average molecular weight is 344 g/mol. The Labute approximate surface area is 144 Å². The zero-order chi connectivity index (χ0) is 16.4. The minimum atomic E-state index is 0.155. The average Bonchev–Trinajstić information content (AvgIpc) is 3.30. The second-order valence-electron chi connectivity index (χ2n) is 6.27. The fourth-order valence-electron chi connectivity index (χ4n) is 3.62. The number of amides is 1. The van der Waals surface area contributed by atoms with Crippen molar-refractivity contribution >= 4 is 23.2 Å². The number of hydrogen-bond donors (Lipinski definition) is 1. The Hall–Kier alpha value is -1.99. The molecule has 1 amide bonds. The summed E-state index contributed by atoms with van der Waals surface area (Å²) >= 11 is 1.51. The standard InChI is InChI=1S/C17H20N4O2S/c22-16(15-3-1-8-24-15)21-7-4-13-12(10-21)11-23-14(13)9-20-17-18-5-2-6-19-17/h1-3,5-6,8,12-14H,4,7,9-11H2,(H,18,19,20)/t12-,13-,14-/m1/s1. The molecule has 0 radical (unpaired) electrons. The summed E-state index contributed by atoms with van der Waals surface area (Å²) < 4.78 is 5.99. The number of nitrogens with one attached hydrogen (secondary N) is 1. The molecule has 6 nitrogen and oxygen atoms in total. The SMILES string of the molecule is O=C(c1cccs1)N1CC[C@@H]2[C@@H](CO[C@@H]2CNc2ncccn2)C1. The van der Waals surface area contributed by atoms with Crippen molar-refractivity contribution in [3.05, 3.63) is 40.8 Å². The quantitative estimate of drug-likeness (QED) is 0.920. The monoisotopic (exact) mass is 344 g/mol. The van der Waals surface area contributed by atoms with Crippen molar-refractivity contribution in [2.75, 3.05) is 31.6 Å².